The first-order valence-corrected chi connectivity index (χ1v) is 5.87. The molecule has 5 nitrogen and oxygen atoms in total. The summed E-state index contributed by atoms with van der Waals surface area (Å²) in [4.78, 5) is 24.7. The molecule has 1 saturated heterocycles. The van der Waals surface area contributed by atoms with E-state index in [-0.39, 0.29) is 19.2 Å². The van der Waals surface area contributed by atoms with E-state index in [4.69, 9.17) is 4.74 Å². The molecule has 17 heavy (non-hydrogen) atoms. The van der Waals surface area contributed by atoms with Gasteiger partial charge in [0.25, 0.3) is 0 Å². The molecule has 94 valence electrons. The maximum absolute atomic E-state index is 11.8. The Labute approximate surface area is 100 Å². The summed E-state index contributed by atoms with van der Waals surface area (Å²) >= 11 is 0. The van der Waals surface area contributed by atoms with Crippen LogP contribution in [0.4, 0.5) is 4.79 Å². The van der Waals surface area contributed by atoms with Gasteiger partial charge in [0, 0.05) is 12.6 Å². The van der Waals surface area contributed by atoms with Gasteiger partial charge in [-0.2, -0.15) is 0 Å². The lowest BCUT2D eigenvalue weighted by atomic mass is 9.76. The standard InChI is InChI=1S/C12H17NO4/c1-2-6-17-11(16)13-8-12(10(14)15)5-3-4-9(13)7-12/h2,9H,1,3-8H2,(H,14,15). The zero-order chi connectivity index (χ0) is 12.5. The molecular formula is C12H17NO4. The minimum Gasteiger partial charge on any atom is -0.481 e. The SMILES string of the molecule is C=CCOC(=O)N1CC2(C(=O)O)CCCC1C2. The van der Waals surface area contributed by atoms with Crippen LogP contribution >= 0.6 is 0 Å². The predicted octanol–water partition coefficient (Wildman–Crippen LogP) is 1.64. The van der Waals surface area contributed by atoms with E-state index in [1.807, 2.05) is 0 Å². The van der Waals surface area contributed by atoms with Gasteiger partial charge in [0.1, 0.15) is 6.61 Å². The highest BCUT2D eigenvalue weighted by atomic mass is 16.6. The second-order valence-corrected chi connectivity index (χ2v) is 4.83. The predicted molar refractivity (Wildman–Crippen MR) is 60.6 cm³/mol. The lowest BCUT2D eigenvalue weighted by Gasteiger charge is -2.26. The molecule has 0 aromatic rings. The van der Waals surface area contributed by atoms with Gasteiger partial charge in [-0.1, -0.05) is 19.1 Å². The number of nitrogens with zero attached hydrogens (tertiary/aromatic N) is 1. The van der Waals surface area contributed by atoms with Gasteiger partial charge in [0.2, 0.25) is 0 Å². The van der Waals surface area contributed by atoms with E-state index in [1.165, 1.54) is 6.08 Å². The lowest BCUT2D eigenvalue weighted by Crippen LogP contribution is -2.37. The molecule has 2 fully saturated rings. The molecule has 1 amide bonds. The number of carbonyl (C=O) groups excluding carboxylic acids is 1. The molecule has 1 aliphatic carbocycles. The van der Waals surface area contributed by atoms with Gasteiger partial charge < -0.3 is 14.7 Å². The van der Waals surface area contributed by atoms with Crippen LogP contribution in [0.15, 0.2) is 12.7 Å². The average molecular weight is 239 g/mol. The largest absolute Gasteiger partial charge is 0.481 e. The van der Waals surface area contributed by atoms with Crippen LogP contribution in [-0.2, 0) is 9.53 Å². The highest BCUT2D eigenvalue weighted by Gasteiger charge is 2.53. The molecule has 2 atom stereocenters. The third-order valence-electron chi connectivity index (χ3n) is 3.75. The van der Waals surface area contributed by atoms with Crippen molar-refractivity contribution in [3.05, 3.63) is 12.7 Å². The van der Waals surface area contributed by atoms with Crippen molar-refractivity contribution >= 4 is 12.1 Å². The van der Waals surface area contributed by atoms with E-state index in [1.54, 1.807) is 4.90 Å². The molecule has 0 spiro atoms. The fourth-order valence-corrected chi connectivity index (χ4v) is 2.88. The Bertz CT molecular complexity index is 354. The molecule has 2 aliphatic rings. The van der Waals surface area contributed by atoms with Crippen molar-refractivity contribution in [1.82, 2.24) is 4.90 Å². The van der Waals surface area contributed by atoms with Crippen molar-refractivity contribution in [1.29, 1.82) is 0 Å². The Morgan fingerprint density at radius 1 is 1.59 bits per heavy atom. The highest BCUT2D eigenvalue weighted by molar-refractivity contribution is 5.78. The van der Waals surface area contributed by atoms with Gasteiger partial charge >= 0.3 is 12.1 Å². The summed E-state index contributed by atoms with van der Waals surface area (Å²) in [6, 6.07) is 0.0252. The maximum atomic E-state index is 11.8. The van der Waals surface area contributed by atoms with E-state index in [2.05, 4.69) is 6.58 Å². The lowest BCUT2D eigenvalue weighted by molar-refractivity contribution is -0.149. The van der Waals surface area contributed by atoms with E-state index >= 15 is 0 Å². The summed E-state index contributed by atoms with van der Waals surface area (Å²) in [6.07, 6.45) is 4.04. The van der Waals surface area contributed by atoms with E-state index in [0.717, 1.165) is 12.8 Å². The Morgan fingerprint density at radius 3 is 2.94 bits per heavy atom. The van der Waals surface area contributed by atoms with Gasteiger partial charge in [0.15, 0.2) is 0 Å². The molecule has 2 unspecified atom stereocenters. The molecule has 2 bridgehead atoms. The quantitative estimate of drug-likeness (QED) is 0.760. The van der Waals surface area contributed by atoms with Crippen molar-refractivity contribution in [2.45, 2.75) is 31.7 Å². The molecule has 1 heterocycles. The fraction of sp³-hybridized carbons (Fsp3) is 0.667. The number of carboxylic acids is 1. The smallest absolute Gasteiger partial charge is 0.410 e. The molecule has 5 heteroatoms. The molecular weight excluding hydrogens is 222 g/mol. The van der Waals surface area contributed by atoms with Crippen LogP contribution in [0.3, 0.4) is 0 Å². The Hall–Kier alpha value is -1.52. The monoisotopic (exact) mass is 239 g/mol. The summed E-state index contributed by atoms with van der Waals surface area (Å²) < 4.78 is 4.98. The molecule has 0 radical (unpaired) electrons. The zero-order valence-corrected chi connectivity index (χ0v) is 9.72. The second kappa shape index (κ2) is 4.39. The number of fused-ring (bicyclic) bond motifs is 2. The van der Waals surface area contributed by atoms with Crippen molar-refractivity contribution in [2.75, 3.05) is 13.2 Å². The second-order valence-electron chi connectivity index (χ2n) is 4.83. The van der Waals surface area contributed by atoms with Crippen molar-refractivity contribution in [3.8, 4) is 0 Å². The van der Waals surface area contributed by atoms with Crippen LogP contribution < -0.4 is 0 Å². The number of rotatable bonds is 3. The normalized spacial score (nSPS) is 31.1. The molecule has 1 aliphatic heterocycles. The Balaban J connectivity index is 2.09. The van der Waals surface area contributed by atoms with Crippen LogP contribution in [-0.4, -0.2) is 41.3 Å². The van der Waals surface area contributed by atoms with Gasteiger partial charge in [-0.15, -0.1) is 0 Å². The fourth-order valence-electron chi connectivity index (χ4n) is 2.88. The summed E-state index contributed by atoms with van der Waals surface area (Å²) in [5, 5.41) is 9.30. The van der Waals surface area contributed by atoms with Crippen LogP contribution in [0.1, 0.15) is 25.7 Å². The van der Waals surface area contributed by atoms with Gasteiger partial charge in [-0.25, -0.2) is 4.79 Å². The topological polar surface area (TPSA) is 66.8 Å². The number of ether oxygens (including phenoxy) is 1. The van der Waals surface area contributed by atoms with E-state index in [0.29, 0.717) is 12.8 Å². The average Bonchev–Trinajstić information content (AvgIpc) is 2.59. The van der Waals surface area contributed by atoms with Crippen LogP contribution in [0.2, 0.25) is 0 Å². The first-order chi connectivity index (χ1) is 8.09. The number of amides is 1. The minimum absolute atomic E-state index is 0.0252. The first-order valence-electron chi connectivity index (χ1n) is 5.87. The number of likely N-dealkylation sites (tertiary alicyclic amines) is 1. The molecule has 0 aromatic carbocycles. The summed E-state index contributed by atoms with van der Waals surface area (Å²) in [5.41, 5.74) is -0.740. The third-order valence-corrected chi connectivity index (χ3v) is 3.75. The van der Waals surface area contributed by atoms with Crippen molar-refractivity contribution in [2.24, 2.45) is 5.41 Å². The number of carbonyl (C=O) groups is 2. The molecule has 1 saturated carbocycles. The number of hydrogen-bond donors (Lipinski definition) is 1. The van der Waals surface area contributed by atoms with Crippen LogP contribution in [0.5, 0.6) is 0 Å². The summed E-state index contributed by atoms with van der Waals surface area (Å²) in [5.74, 6) is -0.791. The van der Waals surface area contributed by atoms with Gasteiger partial charge in [0.05, 0.1) is 5.41 Å². The van der Waals surface area contributed by atoms with Gasteiger partial charge in [-0.05, 0) is 19.3 Å². The highest BCUT2D eigenvalue weighted by Crippen LogP contribution is 2.45. The van der Waals surface area contributed by atoms with Crippen LogP contribution in [0, 0.1) is 5.41 Å². The Kier molecular flexibility index (Phi) is 3.09. The number of hydrogen-bond acceptors (Lipinski definition) is 3. The minimum atomic E-state index is -0.791. The number of carboxylic acid groups (broad SMARTS) is 1. The molecule has 2 rings (SSSR count). The van der Waals surface area contributed by atoms with Gasteiger partial charge in [-0.3, -0.25) is 4.79 Å². The van der Waals surface area contributed by atoms with Crippen LogP contribution in [0.25, 0.3) is 0 Å². The van der Waals surface area contributed by atoms with Crippen molar-refractivity contribution in [3.63, 3.8) is 0 Å². The van der Waals surface area contributed by atoms with E-state index in [9.17, 15) is 14.7 Å². The van der Waals surface area contributed by atoms with E-state index < -0.39 is 17.5 Å². The summed E-state index contributed by atoms with van der Waals surface area (Å²) in [6.45, 7) is 3.93. The zero-order valence-electron chi connectivity index (χ0n) is 9.72. The van der Waals surface area contributed by atoms with Crippen molar-refractivity contribution < 1.29 is 19.4 Å². The number of aliphatic carboxylic acids is 1. The third kappa shape index (κ3) is 2.01. The summed E-state index contributed by atoms with van der Waals surface area (Å²) in [7, 11) is 0. The molecule has 0 aromatic heterocycles. The Morgan fingerprint density at radius 2 is 2.35 bits per heavy atom. The maximum Gasteiger partial charge on any atom is 0.410 e. The first kappa shape index (κ1) is 12.0. The molecule has 1 N–H and O–H groups in total.